The minimum absolute atomic E-state index is 0.112. The third kappa shape index (κ3) is 3.84. The molecular formula is C24H24N4O2. The molecule has 152 valence electrons. The van der Waals surface area contributed by atoms with Crippen molar-refractivity contribution in [2.45, 2.75) is 38.6 Å². The molecule has 0 N–H and O–H groups in total. The number of pyridine rings is 1. The number of nitriles is 1. The van der Waals surface area contributed by atoms with Gasteiger partial charge in [0.05, 0.1) is 18.4 Å². The molecule has 4 rings (SSSR count). The van der Waals surface area contributed by atoms with Crippen LogP contribution in [-0.2, 0) is 23.2 Å². The molecule has 2 aromatic heterocycles. The molecular weight excluding hydrogens is 376 g/mol. The van der Waals surface area contributed by atoms with E-state index in [4.69, 9.17) is 10.00 Å². The quantitative estimate of drug-likeness (QED) is 0.577. The summed E-state index contributed by atoms with van der Waals surface area (Å²) in [7, 11) is 0. The Balaban J connectivity index is 1.52. The Bertz CT molecular complexity index is 1080. The van der Waals surface area contributed by atoms with Gasteiger partial charge in [-0.3, -0.25) is 14.5 Å². The highest BCUT2D eigenvalue weighted by molar-refractivity contribution is 5.88. The summed E-state index contributed by atoms with van der Waals surface area (Å²) in [6.07, 6.45) is 4.44. The van der Waals surface area contributed by atoms with Crippen molar-refractivity contribution in [3.63, 3.8) is 0 Å². The van der Waals surface area contributed by atoms with Gasteiger partial charge in [0.15, 0.2) is 5.75 Å². The standard InChI is InChI=1S/C24H24N4O2/c1-3-28-15-23(17(2)27-28)30-16-24(19-7-5-4-6-8-19)12-21(24)22(29)11-20-10-9-18(13-25)14-26-20/h4-10,14-15,21H,3,11-12,16H2,1-2H3/t21-,24+/m0/s1. The van der Waals surface area contributed by atoms with Crippen molar-refractivity contribution >= 4 is 5.78 Å². The first-order chi connectivity index (χ1) is 14.6. The summed E-state index contributed by atoms with van der Waals surface area (Å²) in [5, 5.41) is 13.4. The Morgan fingerprint density at radius 2 is 2.10 bits per heavy atom. The molecule has 1 fully saturated rings. The maximum atomic E-state index is 13.1. The first-order valence-corrected chi connectivity index (χ1v) is 10.2. The summed E-state index contributed by atoms with van der Waals surface area (Å²) >= 11 is 0. The molecule has 6 heteroatoms. The predicted octanol–water partition coefficient (Wildman–Crippen LogP) is 3.63. The number of aryl methyl sites for hydroxylation is 2. The number of rotatable bonds is 8. The molecule has 30 heavy (non-hydrogen) atoms. The van der Waals surface area contributed by atoms with Crippen molar-refractivity contribution in [1.82, 2.24) is 14.8 Å². The number of benzene rings is 1. The Morgan fingerprint density at radius 3 is 2.73 bits per heavy atom. The molecule has 0 spiro atoms. The zero-order chi connectivity index (χ0) is 21.1. The highest BCUT2D eigenvalue weighted by atomic mass is 16.5. The summed E-state index contributed by atoms with van der Waals surface area (Å²) < 4.78 is 8.03. The van der Waals surface area contributed by atoms with Crippen LogP contribution in [0, 0.1) is 24.2 Å². The molecule has 1 aliphatic rings. The van der Waals surface area contributed by atoms with E-state index < -0.39 is 0 Å². The van der Waals surface area contributed by atoms with Gasteiger partial charge in [-0.2, -0.15) is 10.4 Å². The van der Waals surface area contributed by atoms with Gasteiger partial charge in [-0.25, -0.2) is 0 Å². The monoisotopic (exact) mass is 400 g/mol. The largest absolute Gasteiger partial charge is 0.489 e. The number of carbonyl (C=O) groups is 1. The number of aromatic nitrogens is 3. The number of carbonyl (C=O) groups excluding carboxylic acids is 1. The highest BCUT2D eigenvalue weighted by Crippen LogP contribution is 2.55. The zero-order valence-corrected chi connectivity index (χ0v) is 17.2. The summed E-state index contributed by atoms with van der Waals surface area (Å²) in [6, 6.07) is 15.6. The minimum atomic E-state index is -0.328. The van der Waals surface area contributed by atoms with Crippen molar-refractivity contribution in [3.8, 4) is 11.8 Å². The van der Waals surface area contributed by atoms with Gasteiger partial charge in [-0.15, -0.1) is 0 Å². The van der Waals surface area contributed by atoms with Crippen molar-refractivity contribution in [3.05, 3.63) is 77.4 Å². The number of hydrogen-bond acceptors (Lipinski definition) is 5. The molecule has 1 aromatic carbocycles. The van der Waals surface area contributed by atoms with Crippen molar-refractivity contribution < 1.29 is 9.53 Å². The second kappa shape index (κ2) is 8.11. The van der Waals surface area contributed by atoms with Gasteiger partial charge < -0.3 is 4.74 Å². The number of nitrogens with zero attached hydrogens (tertiary/aromatic N) is 4. The second-order valence-corrected chi connectivity index (χ2v) is 7.80. The molecule has 2 heterocycles. The first kappa shape index (κ1) is 19.8. The third-order valence-electron chi connectivity index (χ3n) is 5.83. The molecule has 0 amide bonds. The van der Waals surface area contributed by atoms with Crippen LogP contribution in [0.15, 0.2) is 54.9 Å². The van der Waals surface area contributed by atoms with Crippen LogP contribution in [0.25, 0.3) is 0 Å². The Hall–Kier alpha value is -3.46. The van der Waals surface area contributed by atoms with Gasteiger partial charge in [0.1, 0.15) is 17.5 Å². The van der Waals surface area contributed by atoms with E-state index in [1.807, 2.05) is 49.0 Å². The fourth-order valence-electron chi connectivity index (χ4n) is 3.97. The van der Waals surface area contributed by atoms with E-state index in [1.165, 1.54) is 6.20 Å². The SMILES string of the molecule is CCn1cc(OC[C@@]2(c3ccccc3)C[C@H]2C(=O)Cc2ccc(C#N)cn2)c(C)n1. The highest BCUT2D eigenvalue weighted by Gasteiger charge is 2.59. The Labute approximate surface area is 176 Å². The third-order valence-corrected chi connectivity index (χ3v) is 5.83. The fourth-order valence-corrected chi connectivity index (χ4v) is 3.97. The topological polar surface area (TPSA) is 80.8 Å². The van der Waals surface area contributed by atoms with Gasteiger partial charge in [0.25, 0.3) is 0 Å². The fraction of sp³-hybridized carbons (Fsp3) is 0.333. The van der Waals surface area contributed by atoms with Crippen LogP contribution in [0.3, 0.4) is 0 Å². The average molecular weight is 400 g/mol. The van der Waals surface area contributed by atoms with E-state index in [1.54, 1.807) is 12.1 Å². The first-order valence-electron chi connectivity index (χ1n) is 10.2. The second-order valence-electron chi connectivity index (χ2n) is 7.80. The molecule has 1 saturated carbocycles. The number of ether oxygens (including phenoxy) is 1. The summed E-state index contributed by atoms with van der Waals surface area (Å²) in [4.78, 5) is 17.3. The van der Waals surface area contributed by atoms with E-state index >= 15 is 0 Å². The Kier molecular flexibility index (Phi) is 5.37. The van der Waals surface area contributed by atoms with Crippen LogP contribution in [-0.4, -0.2) is 27.2 Å². The van der Waals surface area contributed by atoms with E-state index in [0.717, 1.165) is 30.0 Å². The lowest BCUT2D eigenvalue weighted by atomic mass is 9.91. The lowest BCUT2D eigenvalue weighted by Gasteiger charge is -2.18. The molecule has 6 nitrogen and oxygen atoms in total. The van der Waals surface area contributed by atoms with Crippen LogP contribution >= 0.6 is 0 Å². The molecule has 0 saturated heterocycles. The molecule has 0 aliphatic heterocycles. The van der Waals surface area contributed by atoms with Gasteiger partial charge in [-0.05, 0) is 38.0 Å². The normalized spacial score (nSPS) is 19.8. The molecule has 3 aromatic rings. The molecule has 0 unspecified atom stereocenters. The lowest BCUT2D eigenvalue weighted by Crippen LogP contribution is -2.24. The smallest absolute Gasteiger partial charge is 0.160 e. The van der Waals surface area contributed by atoms with Gasteiger partial charge in [0, 0.05) is 36.2 Å². The number of ketones is 1. The number of hydrogen-bond donors (Lipinski definition) is 0. The van der Waals surface area contributed by atoms with Crippen molar-refractivity contribution in [2.24, 2.45) is 5.92 Å². The molecule has 0 bridgehead atoms. The van der Waals surface area contributed by atoms with Crippen molar-refractivity contribution in [2.75, 3.05) is 6.61 Å². The maximum absolute atomic E-state index is 13.1. The lowest BCUT2D eigenvalue weighted by molar-refractivity contribution is -0.120. The van der Waals surface area contributed by atoms with Gasteiger partial charge in [0.2, 0.25) is 0 Å². The van der Waals surface area contributed by atoms with Gasteiger partial charge in [-0.1, -0.05) is 30.3 Å². The van der Waals surface area contributed by atoms with Crippen LogP contribution in [0.1, 0.15) is 35.9 Å². The number of Topliss-reactive ketones (excluding diaryl/α,β-unsaturated/α-hetero) is 1. The van der Waals surface area contributed by atoms with Crippen LogP contribution in [0.2, 0.25) is 0 Å². The zero-order valence-electron chi connectivity index (χ0n) is 17.2. The summed E-state index contributed by atoms with van der Waals surface area (Å²) in [6.45, 7) is 5.19. The maximum Gasteiger partial charge on any atom is 0.160 e. The van der Waals surface area contributed by atoms with E-state index in [0.29, 0.717) is 17.9 Å². The van der Waals surface area contributed by atoms with Crippen molar-refractivity contribution in [1.29, 1.82) is 5.26 Å². The average Bonchev–Trinajstić information content (AvgIpc) is 3.42. The van der Waals surface area contributed by atoms with Gasteiger partial charge >= 0.3 is 0 Å². The van der Waals surface area contributed by atoms with Crippen LogP contribution in [0.5, 0.6) is 5.75 Å². The van der Waals surface area contributed by atoms with Crippen LogP contribution < -0.4 is 4.74 Å². The predicted molar refractivity (Wildman–Crippen MR) is 112 cm³/mol. The van der Waals surface area contributed by atoms with E-state index in [2.05, 4.69) is 22.2 Å². The molecule has 0 radical (unpaired) electrons. The van der Waals surface area contributed by atoms with E-state index in [-0.39, 0.29) is 23.5 Å². The Morgan fingerprint density at radius 1 is 1.30 bits per heavy atom. The summed E-state index contributed by atoms with van der Waals surface area (Å²) in [5.74, 6) is 0.804. The van der Waals surface area contributed by atoms with Crippen LogP contribution in [0.4, 0.5) is 0 Å². The van der Waals surface area contributed by atoms with E-state index in [9.17, 15) is 4.79 Å². The minimum Gasteiger partial charge on any atom is -0.489 e. The molecule has 2 atom stereocenters. The summed E-state index contributed by atoms with van der Waals surface area (Å²) in [5.41, 5.74) is 2.83. The molecule has 1 aliphatic carbocycles.